The van der Waals surface area contributed by atoms with Crippen LogP contribution in [0.5, 0.6) is 0 Å². The number of nitrogens with one attached hydrogen (secondary N) is 2. The number of halogens is 5. The Morgan fingerprint density at radius 1 is 1.08 bits per heavy atom. The van der Waals surface area contributed by atoms with Gasteiger partial charge in [0.2, 0.25) is 0 Å². The minimum Gasteiger partial charge on any atom is -0.345 e. The van der Waals surface area contributed by atoms with Crippen molar-refractivity contribution in [2.45, 2.75) is 17.1 Å². The van der Waals surface area contributed by atoms with Gasteiger partial charge < -0.3 is 10.6 Å². The summed E-state index contributed by atoms with van der Waals surface area (Å²) in [6, 6.07) is 15.6. The van der Waals surface area contributed by atoms with Crippen LogP contribution in [-0.4, -0.2) is 38.4 Å². The summed E-state index contributed by atoms with van der Waals surface area (Å²) in [6.45, 7) is 0.684. The van der Waals surface area contributed by atoms with Crippen LogP contribution < -0.4 is 10.6 Å². The first-order chi connectivity index (χ1) is 18.0. The number of aryl methyl sites for hydroxylation is 1. The van der Waals surface area contributed by atoms with Crippen LogP contribution >= 0.6 is 50.9 Å². The molecule has 0 saturated carbocycles. The molecule has 0 atom stereocenters. The highest BCUT2D eigenvalue weighted by molar-refractivity contribution is 9.10. The first kappa shape index (κ1) is 28.0. The number of rotatable bonds is 8. The molecule has 2 aromatic heterocycles. The number of aromatic nitrogens is 3. The van der Waals surface area contributed by atoms with E-state index in [1.165, 1.54) is 29.1 Å². The Bertz CT molecular complexity index is 1500. The van der Waals surface area contributed by atoms with Crippen molar-refractivity contribution in [3.63, 3.8) is 0 Å². The molecule has 7 nitrogen and oxygen atoms in total. The molecule has 0 radical (unpaired) electrons. The van der Waals surface area contributed by atoms with Crippen molar-refractivity contribution in [1.82, 2.24) is 20.1 Å². The fourth-order valence-corrected chi connectivity index (χ4v) is 5.08. The summed E-state index contributed by atoms with van der Waals surface area (Å²) >= 11 is 16.0. The molecule has 13 heteroatoms. The largest absolute Gasteiger partial charge is 0.345 e. The number of hydrogen-bond donors (Lipinski definition) is 2. The van der Waals surface area contributed by atoms with Crippen molar-refractivity contribution >= 4 is 68.4 Å². The standard InChI is InChI=1S/C25H18BrCl2F2N5O2S/c1-14-10-15(27)11-17(23(36)32-13-25(29,30)38-16-6-3-2-4-7-16)21(14)33-24(37)19-12-20(26)34-35(19)22-18(28)8-5-9-31-22/h2-12H,13H2,1H3,(H,32,36)(H,33,37). The van der Waals surface area contributed by atoms with E-state index in [1.54, 1.807) is 49.4 Å². The molecule has 0 spiro atoms. The van der Waals surface area contributed by atoms with Crippen LogP contribution in [0.3, 0.4) is 0 Å². The number of alkyl halides is 2. The number of hydrogen-bond acceptors (Lipinski definition) is 5. The molecule has 2 heterocycles. The first-order valence-electron chi connectivity index (χ1n) is 10.9. The number of carbonyl (C=O) groups excluding carboxylic acids is 2. The molecule has 0 saturated heterocycles. The van der Waals surface area contributed by atoms with E-state index in [2.05, 4.69) is 36.6 Å². The molecule has 2 amide bonds. The van der Waals surface area contributed by atoms with E-state index in [1.807, 2.05) is 0 Å². The first-order valence-corrected chi connectivity index (χ1v) is 13.3. The lowest BCUT2D eigenvalue weighted by Crippen LogP contribution is -2.35. The number of carbonyl (C=O) groups is 2. The zero-order valence-electron chi connectivity index (χ0n) is 19.5. The molecule has 0 unspecified atom stereocenters. The van der Waals surface area contributed by atoms with Gasteiger partial charge in [-0.1, -0.05) is 53.2 Å². The highest BCUT2D eigenvalue weighted by Gasteiger charge is 2.32. The second kappa shape index (κ2) is 11.8. The average Bonchev–Trinajstić information content (AvgIpc) is 3.26. The molecule has 0 aliphatic heterocycles. The Balaban J connectivity index is 1.58. The number of nitrogens with zero attached hydrogens (tertiary/aromatic N) is 3. The smallest absolute Gasteiger partial charge is 0.315 e. The quantitative estimate of drug-likeness (QED) is 0.202. The van der Waals surface area contributed by atoms with Gasteiger partial charge in [0.05, 0.1) is 22.8 Å². The fourth-order valence-electron chi connectivity index (χ4n) is 3.45. The maximum Gasteiger partial charge on any atom is 0.315 e. The van der Waals surface area contributed by atoms with Gasteiger partial charge in [-0.25, -0.2) is 9.67 Å². The Morgan fingerprint density at radius 3 is 2.53 bits per heavy atom. The van der Waals surface area contributed by atoms with Crippen molar-refractivity contribution in [2.24, 2.45) is 0 Å². The maximum atomic E-state index is 14.5. The van der Waals surface area contributed by atoms with Gasteiger partial charge in [0, 0.05) is 22.2 Å². The zero-order chi connectivity index (χ0) is 27.4. The number of thioether (sulfide) groups is 1. The predicted molar refractivity (Wildman–Crippen MR) is 148 cm³/mol. The second-order valence-corrected chi connectivity index (χ2v) is 10.8. The summed E-state index contributed by atoms with van der Waals surface area (Å²) in [4.78, 5) is 30.9. The van der Waals surface area contributed by atoms with Crippen molar-refractivity contribution in [3.05, 3.63) is 98.3 Å². The lowest BCUT2D eigenvalue weighted by molar-refractivity contribution is 0.0810. The molecule has 0 bridgehead atoms. The summed E-state index contributed by atoms with van der Waals surface area (Å²) in [7, 11) is 0. The van der Waals surface area contributed by atoms with E-state index in [9.17, 15) is 18.4 Å². The molecular weight excluding hydrogens is 623 g/mol. The van der Waals surface area contributed by atoms with E-state index < -0.39 is 23.6 Å². The second-order valence-electron chi connectivity index (χ2n) is 7.91. The van der Waals surface area contributed by atoms with E-state index >= 15 is 0 Å². The van der Waals surface area contributed by atoms with Gasteiger partial charge in [-0.05, 0) is 64.8 Å². The summed E-state index contributed by atoms with van der Waals surface area (Å²) in [6.07, 6.45) is 1.50. The fraction of sp³-hybridized carbons (Fsp3) is 0.120. The van der Waals surface area contributed by atoms with Gasteiger partial charge in [-0.2, -0.15) is 13.9 Å². The minimum atomic E-state index is -3.28. The molecule has 0 fully saturated rings. The highest BCUT2D eigenvalue weighted by atomic mass is 79.9. The maximum absolute atomic E-state index is 14.5. The third kappa shape index (κ3) is 6.71. The summed E-state index contributed by atoms with van der Waals surface area (Å²) in [5.41, 5.74) is 0.531. The van der Waals surface area contributed by atoms with Crippen molar-refractivity contribution in [3.8, 4) is 5.82 Å². The molecular formula is C25H18BrCl2F2N5O2S. The van der Waals surface area contributed by atoms with Gasteiger partial charge in [0.15, 0.2) is 5.82 Å². The van der Waals surface area contributed by atoms with Gasteiger partial charge in [-0.3, -0.25) is 9.59 Å². The van der Waals surface area contributed by atoms with Crippen LogP contribution in [0, 0.1) is 6.92 Å². The van der Waals surface area contributed by atoms with E-state index in [0.717, 1.165) is 0 Å². The lowest BCUT2D eigenvalue weighted by atomic mass is 10.1. The molecule has 0 aliphatic carbocycles. The van der Waals surface area contributed by atoms with Crippen molar-refractivity contribution in [1.29, 1.82) is 0 Å². The number of amides is 2. The van der Waals surface area contributed by atoms with Crippen LogP contribution in [0.25, 0.3) is 5.82 Å². The Hall–Kier alpha value is -2.99. The van der Waals surface area contributed by atoms with Crippen LogP contribution in [0.2, 0.25) is 10.0 Å². The van der Waals surface area contributed by atoms with Crippen molar-refractivity contribution in [2.75, 3.05) is 11.9 Å². The topological polar surface area (TPSA) is 88.9 Å². The molecule has 4 rings (SSSR count). The number of anilines is 1. The van der Waals surface area contributed by atoms with Gasteiger partial charge in [0.25, 0.3) is 11.8 Å². The molecule has 196 valence electrons. The minimum absolute atomic E-state index is 0.0592. The third-order valence-corrected chi connectivity index (χ3v) is 6.95. The molecule has 2 N–H and O–H groups in total. The number of benzene rings is 2. The monoisotopic (exact) mass is 639 g/mol. The lowest BCUT2D eigenvalue weighted by Gasteiger charge is -2.18. The van der Waals surface area contributed by atoms with Crippen LogP contribution in [0.15, 0.2) is 76.4 Å². The SMILES string of the molecule is Cc1cc(Cl)cc(C(=O)NCC(F)(F)Sc2ccccc2)c1NC(=O)c1cc(Br)nn1-c1ncccc1Cl. The summed E-state index contributed by atoms with van der Waals surface area (Å²) in [5.74, 6) is -1.26. The Kier molecular flexibility index (Phi) is 8.71. The van der Waals surface area contributed by atoms with E-state index in [4.69, 9.17) is 23.2 Å². The van der Waals surface area contributed by atoms with E-state index in [0.29, 0.717) is 26.8 Å². The molecule has 0 aliphatic rings. The average molecular weight is 641 g/mol. The normalized spacial score (nSPS) is 11.3. The van der Waals surface area contributed by atoms with Gasteiger partial charge >= 0.3 is 5.25 Å². The molecule has 2 aromatic carbocycles. The molecule has 38 heavy (non-hydrogen) atoms. The van der Waals surface area contributed by atoms with Gasteiger partial charge in [0.1, 0.15) is 10.3 Å². The van der Waals surface area contributed by atoms with Crippen LogP contribution in [-0.2, 0) is 0 Å². The Morgan fingerprint density at radius 2 is 1.82 bits per heavy atom. The molecule has 4 aromatic rings. The highest BCUT2D eigenvalue weighted by Crippen LogP contribution is 2.35. The Labute approximate surface area is 239 Å². The van der Waals surface area contributed by atoms with Crippen LogP contribution in [0.1, 0.15) is 26.4 Å². The summed E-state index contributed by atoms with van der Waals surface area (Å²) < 4.78 is 30.7. The summed E-state index contributed by atoms with van der Waals surface area (Å²) in [5, 5.41) is 6.33. The predicted octanol–water partition coefficient (Wildman–Crippen LogP) is 7.01. The third-order valence-electron chi connectivity index (χ3n) is 5.10. The van der Waals surface area contributed by atoms with E-state index in [-0.39, 0.29) is 32.8 Å². The number of pyridine rings is 1. The zero-order valence-corrected chi connectivity index (χ0v) is 23.4. The van der Waals surface area contributed by atoms with Gasteiger partial charge in [-0.15, -0.1) is 0 Å². The van der Waals surface area contributed by atoms with Crippen molar-refractivity contribution < 1.29 is 18.4 Å². The van der Waals surface area contributed by atoms with Crippen LogP contribution in [0.4, 0.5) is 14.5 Å².